The molecule has 0 amide bonds. The highest BCUT2D eigenvalue weighted by molar-refractivity contribution is 5.58. The Morgan fingerprint density at radius 1 is 1.13 bits per heavy atom. The highest BCUT2D eigenvalue weighted by Gasteiger charge is 2.12. The van der Waals surface area contributed by atoms with Crippen molar-refractivity contribution in [2.45, 2.75) is 13.5 Å². The van der Waals surface area contributed by atoms with Crippen molar-refractivity contribution >= 4 is 0 Å². The van der Waals surface area contributed by atoms with Crippen LogP contribution in [0.5, 0.6) is 5.75 Å². The molecule has 0 N–H and O–H groups in total. The van der Waals surface area contributed by atoms with E-state index in [2.05, 4.69) is 21.7 Å². The summed E-state index contributed by atoms with van der Waals surface area (Å²) in [4.78, 5) is 4.53. The van der Waals surface area contributed by atoms with Gasteiger partial charge in [-0.3, -0.25) is 0 Å². The summed E-state index contributed by atoms with van der Waals surface area (Å²) in [5, 5.41) is 8.93. The Hall–Kier alpha value is -3.06. The van der Waals surface area contributed by atoms with E-state index >= 15 is 0 Å². The molecular weight excluding hydrogens is 286 g/mol. The van der Waals surface area contributed by atoms with Gasteiger partial charge in [0.05, 0.1) is 25.3 Å². The van der Waals surface area contributed by atoms with Crippen LogP contribution in [-0.4, -0.2) is 16.7 Å². The van der Waals surface area contributed by atoms with Crippen molar-refractivity contribution in [3.8, 4) is 23.2 Å². The maximum Gasteiger partial charge on any atom is 0.140 e. The molecule has 0 saturated heterocycles. The summed E-state index contributed by atoms with van der Waals surface area (Å²) in [5.74, 6) is 1.75. The van der Waals surface area contributed by atoms with Crippen LogP contribution in [0.3, 0.4) is 0 Å². The fraction of sp³-hybridized carbons (Fsp3) is 0.158. The zero-order chi connectivity index (χ0) is 16.2. The lowest BCUT2D eigenvalue weighted by molar-refractivity contribution is 0.408. The van der Waals surface area contributed by atoms with Gasteiger partial charge >= 0.3 is 0 Å². The van der Waals surface area contributed by atoms with Crippen molar-refractivity contribution in [2.75, 3.05) is 7.11 Å². The number of benzene rings is 2. The minimum Gasteiger partial charge on any atom is -0.496 e. The van der Waals surface area contributed by atoms with Crippen molar-refractivity contribution in [1.29, 1.82) is 5.26 Å². The number of rotatable bonds is 4. The molecule has 1 heterocycles. The first-order valence-corrected chi connectivity index (χ1v) is 7.37. The Morgan fingerprint density at radius 3 is 2.57 bits per heavy atom. The van der Waals surface area contributed by atoms with Gasteiger partial charge in [0, 0.05) is 23.0 Å². The van der Waals surface area contributed by atoms with Crippen molar-refractivity contribution in [1.82, 2.24) is 9.55 Å². The first kappa shape index (κ1) is 14.9. The number of nitriles is 1. The second-order valence-electron chi connectivity index (χ2n) is 5.31. The van der Waals surface area contributed by atoms with E-state index in [9.17, 15) is 0 Å². The normalized spacial score (nSPS) is 10.3. The van der Waals surface area contributed by atoms with Crippen LogP contribution in [0.1, 0.15) is 16.8 Å². The van der Waals surface area contributed by atoms with Crippen LogP contribution in [0.4, 0.5) is 0 Å². The van der Waals surface area contributed by atoms with E-state index in [1.807, 2.05) is 55.6 Å². The predicted molar refractivity (Wildman–Crippen MR) is 89.2 cm³/mol. The average Bonchev–Trinajstić information content (AvgIpc) is 2.96. The molecule has 0 spiro atoms. The third-order valence-corrected chi connectivity index (χ3v) is 3.85. The van der Waals surface area contributed by atoms with Crippen molar-refractivity contribution in [3.63, 3.8) is 0 Å². The summed E-state index contributed by atoms with van der Waals surface area (Å²) in [5.41, 5.74) is 3.82. The molecule has 0 radical (unpaired) electrons. The fourth-order valence-electron chi connectivity index (χ4n) is 2.59. The van der Waals surface area contributed by atoms with E-state index in [1.54, 1.807) is 7.11 Å². The Kier molecular flexibility index (Phi) is 4.11. The Balaban J connectivity index is 2.00. The molecule has 0 atom stereocenters. The number of hydrogen-bond donors (Lipinski definition) is 0. The Morgan fingerprint density at radius 2 is 1.87 bits per heavy atom. The quantitative estimate of drug-likeness (QED) is 0.737. The zero-order valence-electron chi connectivity index (χ0n) is 13.2. The molecule has 0 saturated carbocycles. The molecule has 0 fully saturated rings. The molecule has 4 heteroatoms. The van der Waals surface area contributed by atoms with Crippen LogP contribution in [0.15, 0.2) is 54.7 Å². The third kappa shape index (κ3) is 2.95. The third-order valence-electron chi connectivity index (χ3n) is 3.85. The predicted octanol–water partition coefficient (Wildman–Crippen LogP) is 3.79. The molecule has 2 aromatic carbocycles. The van der Waals surface area contributed by atoms with Crippen LogP contribution in [0.2, 0.25) is 0 Å². The van der Waals surface area contributed by atoms with E-state index in [0.717, 1.165) is 28.4 Å². The second kappa shape index (κ2) is 6.37. The number of ether oxygens (including phenoxy) is 1. The molecule has 0 aliphatic rings. The average molecular weight is 303 g/mol. The summed E-state index contributed by atoms with van der Waals surface area (Å²) < 4.78 is 7.59. The Bertz CT molecular complexity index is 857. The maximum absolute atomic E-state index is 8.93. The van der Waals surface area contributed by atoms with E-state index in [0.29, 0.717) is 12.1 Å². The minimum absolute atomic E-state index is 0.647. The standard InChI is InChI=1S/C19H17N3O/c1-14-12-21-19(16-9-7-15(11-20)8-10-16)22(14)13-17-5-3-4-6-18(17)23-2/h3-10,12H,13H2,1-2H3. The lowest BCUT2D eigenvalue weighted by Gasteiger charge is -2.13. The first-order valence-electron chi connectivity index (χ1n) is 7.37. The van der Waals surface area contributed by atoms with Gasteiger partial charge in [0.1, 0.15) is 11.6 Å². The molecule has 4 nitrogen and oxygen atoms in total. The number of aromatic nitrogens is 2. The number of aryl methyl sites for hydroxylation is 1. The number of imidazole rings is 1. The molecule has 3 aromatic rings. The van der Waals surface area contributed by atoms with Gasteiger partial charge in [0.2, 0.25) is 0 Å². The molecule has 0 unspecified atom stereocenters. The lowest BCUT2D eigenvalue weighted by atomic mass is 10.1. The smallest absolute Gasteiger partial charge is 0.140 e. The molecular formula is C19H17N3O. The highest BCUT2D eigenvalue weighted by atomic mass is 16.5. The maximum atomic E-state index is 8.93. The summed E-state index contributed by atoms with van der Waals surface area (Å²) in [6, 6.07) is 17.6. The van der Waals surface area contributed by atoms with E-state index in [4.69, 9.17) is 10.00 Å². The molecule has 0 aliphatic heterocycles. The van der Waals surface area contributed by atoms with Gasteiger partial charge in [-0.25, -0.2) is 4.98 Å². The molecule has 114 valence electrons. The second-order valence-corrected chi connectivity index (χ2v) is 5.31. The fourth-order valence-corrected chi connectivity index (χ4v) is 2.59. The van der Waals surface area contributed by atoms with Gasteiger partial charge in [0.25, 0.3) is 0 Å². The molecule has 3 rings (SSSR count). The number of nitrogens with zero attached hydrogens (tertiary/aromatic N) is 3. The summed E-state index contributed by atoms with van der Waals surface area (Å²) in [6.07, 6.45) is 1.86. The van der Waals surface area contributed by atoms with Crippen LogP contribution >= 0.6 is 0 Å². The van der Waals surface area contributed by atoms with E-state index in [1.165, 1.54) is 0 Å². The van der Waals surface area contributed by atoms with Gasteiger partial charge in [-0.1, -0.05) is 18.2 Å². The molecule has 1 aromatic heterocycles. The SMILES string of the molecule is COc1ccccc1Cn1c(C)cnc1-c1ccc(C#N)cc1. The number of hydrogen-bond acceptors (Lipinski definition) is 3. The van der Waals surface area contributed by atoms with E-state index < -0.39 is 0 Å². The summed E-state index contributed by atoms with van der Waals surface area (Å²) in [7, 11) is 1.68. The molecule has 23 heavy (non-hydrogen) atoms. The molecule has 0 bridgehead atoms. The van der Waals surface area contributed by atoms with Crippen molar-refractivity contribution in [3.05, 3.63) is 71.5 Å². The zero-order valence-corrected chi connectivity index (χ0v) is 13.2. The first-order chi connectivity index (χ1) is 11.2. The van der Waals surface area contributed by atoms with Gasteiger partial charge in [0.15, 0.2) is 0 Å². The van der Waals surface area contributed by atoms with Crippen molar-refractivity contribution < 1.29 is 4.74 Å². The van der Waals surface area contributed by atoms with E-state index in [-0.39, 0.29) is 0 Å². The van der Waals surface area contributed by atoms with Gasteiger partial charge < -0.3 is 9.30 Å². The van der Waals surface area contributed by atoms with Gasteiger partial charge in [-0.2, -0.15) is 5.26 Å². The highest BCUT2D eigenvalue weighted by Crippen LogP contribution is 2.24. The topological polar surface area (TPSA) is 50.8 Å². The van der Waals surface area contributed by atoms with Gasteiger partial charge in [-0.15, -0.1) is 0 Å². The summed E-state index contributed by atoms with van der Waals surface area (Å²) in [6.45, 7) is 2.72. The molecule has 0 aliphatic carbocycles. The summed E-state index contributed by atoms with van der Waals surface area (Å²) >= 11 is 0. The monoisotopic (exact) mass is 303 g/mol. The number of para-hydroxylation sites is 1. The van der Waals surface area contributed by atoms with Crippen LogP contribution in [0, 0.1) is 18.3 Å². The Labute approximate surface area is 135 Å². The minimum atomic E-state index is 0.647. The van der Waals surface area contributed by atoms with Crippen LogP contribution < -0.4 is 4.74 Å². The lowest BCUT2D eigenvalue weighted by Crippen LogP contribution is -2.05. The van der Waals surface area contributed by atoms with Crippen LogP contribution in [0.25, 0.3) is 11.4 Å². The van der Waals surface area contributed by atoms with Crippen LogP contribution in [-0.2, 0) is 6.54 Å². The van der Waals surface area contributed by atoms with Gasteiger partial charge in [-0.05, 0) is 37.3 Å². The van der Waals surface area contributed by atoms with Crippen molar-refractivity contribution in [2.24, 2.45) is 0 Å². The number of methoxy groups -OCH3 is 1. The largest absolute Gasteiger partial charge is 0.496 e.